The van der Waals surface area contributed by atoms with Gasteiger partial charge in [0.15, 0.2) is 0 Å². The fourth-order valence-electron chi connectivity index (χ4n) is 2.46. The van der Waals surface area contributed by atoms with Crippen LogP contribution in [0.1, 0.15) is 38.6 Å². The van der Waals surface area contributed by atoms with Crippen LogP contribution in [0, 0.1) is 5.92 Å². The van der Waals surface area contributed by atoms with E-state index < -0.39 is 0 Å². The maximum atomic E-state index is 4.81. The first-order valence-corrected chi connectivity index (χ1v) is 8.80. The molecule has 1 aromatic carbocycles. The van der Waals surface area contributed by atoms with Gasteiger partial charge in [0.05, 0.1) is 10.7 Å². The van der Waals surface area contributed by atoms with E-state index in [0.29, 0.717) is 6.04 Å². The van der Waals surface area contributed by atoms with Gasteiger partial charge in [0.1, 0.15) is 0 Å². The van der Waals surface area contributed by atoms with Crippen molar-refractivity contribution < 1.29 is 0 Å². The van der Waals surface area contributed by atoms with Gasteiger partial charge in [0.25, 0.3) is 0 Å². The third-order valence-electron chi connectivity index (χ3n) is 3.63. The number of nitrogens with one attached hydrogen (secondary N) is 1. The van der Waals surface area contributed by atoms with Crippen LogP contribution in [0.4, 0.5) is 0 Å². The zero-order chi connectivity index (χ0) is 15.1. The highest BCUT2D eigenvalue weighted by Gasteiger charge is 2.12. The molecule has 0 aliphatic carbocycles. The second-order valence-corrected chi connectivity index (χ2v) is 6.87. The number of hydrogen-bond acceptors (Lipinski definition) is 3. The van der Waals surface area contributed by atoms with E-state index in [4.69, 9.17) is 4.98 Å². The smallest absolute Gasteiger partial charge is 0.0948 e. The normalized spacial score (nSPS) is 12.8. The van der Waals surface area contributed by atoms with Gasteiger partial charge in [0.2, 0.25) is 0 Å². The van der Waals surface area contributed by atoms with Gasteiger partial charge in [-0.25, -0.2) is 4.98 Å². The zero-order valence-corrected chi connectivity index (χ0v) is 14.1. The number of benzene rings is 1. The van der Waals surface area contributed by atoms with Crippen molar-refractivity contribution in [2.45, 2.75) is 46.1 Å². The second kappa shape index (κ2) is 8.30. The summed E-state index contributed by atoms with van der Waals surface area (Å²) >= 11 is 1.78. The Kier molecular flexibility index (Phi) is 6.40. The van der Waals surface area contributed by atoms with Crippen LogP contribution in [0.25, 0.3) is 11.3 Å². The Hall–Kier alpha value is -1.19. The quantitative estimate of drug-likeness (QED) is 0.760. The van der Waals surface area contributed by atoms with Crippen molar-refractivity contribution in [2.24, 2.45) is 5.92 Å². The number of likely N-dealkylation sites (N-methyl/N-ethyl adjacent to an activating group) is 1. The molecule has 0 bridgehead atoms. The Morgan fingerprint density at radius 2 is 1.90 bits per heavy atom. The third-order valence-corrected chi connectivity index (χ3v) is 4.50. The van der Waals surface area contributed by atoms with Crippen LogP contribution >= 0.6 is 11.3 Å². The molecule has 2 aromatic rings. The van der Waals surface area contributed by atoms with Crippen LogP contribution in [0.3, 0.4) is 0 Å². The van der Waals surface area contributed by atoms with E-state index >= 15 is 0 Å². The molecule has 0 radical (unpaired) electrons. The molecule has 3 heteroatoms. The minimum Gasteiger partial charge on any atom is -0.314 e. The lowest BCUT2D eigenvalue weighted by atomic mass is 10.0. The van der Waals surface area contributed by atoms with Gasteiger partial charge in [-0.2, -0.15) is 0 Å². The highest BCUT2D eigenvalue weighted by atomic mass is 32.1. The fraction of sp³-hybridized carbons (Fsp3) is 0.500. The molecule has 2 nitrogen and oxygen atoms in total. The summed E-state index contributed by atoms with van der Waals surface area (Å²) in [5, 5.41) is 7.02. The molecule has 0 saturated carbocycles. The Labute approximate surface area is 132 Å². The van der Waals surface area contributed by atoms with Crippen molar-refractivity contribution in [3.63, 3.8) is 0 Å². The Morgan fingerprint density at radius 1 is 1.14 bits per heavy atom. The van der Waals surface area contributed by atoms with E-state index in [2.05, 4.69) is 55.7 Å². The van der Waals surface area contributed by atoms with Gasteiger partial charge in [-0.3, -0.25) is 0 Å². The van der Waals surface area contributed by atoms with Crippen LogP contribution < -0.4 is 5.32 Å². The minimum atomic E-state index is 0.548. The minimum absolute atomic E-state index is 0.548. The predicted octanol–water partition coefficient (Wildman–Crippen LogP) is 4.77. The van der Waals surface area contributed by atoms with E-state index in [1.165, 1.54) is 23.4 Å². The third kappa shape index (κ3) is 5.25. The average molecular weight is 302 g/mol. The molecule has 1 atom stereocenters. The van der Waals surface area contributed by atoms with Gasteiger partial charge < -0.3 is 5.32 Å². The Bertz CT molecular complexity index is 519. The highest BCUT2D eigenvalue weighted by Crippen LogP contribution is 2.23. The summed E-state index contributed by atoms with van der Waals surface area (Å²) < 4.78 is 0. The standard InChI is InChI=1S/C18H26N2S/c1-4-19-16(11-10-14(2)3)12-18-20-17(13-21-18)15-8-6-5-7-9-15/h5-9,13-14,16,19H,4,10-12H2,1-3H3. The highest BCUT2D eigenvalue weighted by molar-refractivity contribution is 7.09. The van der Waals surface area contributed by atoms with Crippen LogP contribution in [0.15, 0.2) is 35.7 Å². The number of thiazole rings is 1. The summed E-state index contributed by atoms with van der Waals surface area (Å²) in [4.78, 5) is 4.81. The molecule has 1 unspecified atom stereocenters. The lowest BCUT2D eigenvalue weighted by molar-refractivity contribution is 0.434. The topological polar surface area (TPSA) is 24.9 Å². The first-order valence-electron chi connectivity index (χ1n) is 7.92. The molecule has 0 aliphatic rings. The monoisotopic (exact) mass is 302 g/mol. The largest absolute Gasteiger partial charge is 0.314 e. The summed E-state index contributed by atoms with van der Waals surface area (Å²) in [6, 6.07) is 11.0. The predicted molar refractivity (Wildman–Crippen MR) is 92.8 cm³/mol. The summed E-state index contributed by atoms with van der Waals surface area (Å²) in [5.74, 6) is 0.766. The van der Waals surface area contributed by atoms with Gasteiger partial charge in [0, 0.05) is 23.4 Å². The van der Waals surface area contributed by atoms with Crippen molar-refractivity contribution in [2.75, 3.05) is 6.54 Å². The lowest BCUT2D eigenvalue weighted by Crippen LogP contribution is -2.31. The molecule has 2 rings (SSSR count). The van der Waals surface area contributed by atoms with Crippen LogP contribution in [0.2, 0.25) is 0 Å². The van der Waals surface area contributed by atoms with Crippen molar-refractivity contribution in [1.82, 2.24) is 10.3 Å². The Morgan fingerprint density at radius 3 is 2.57 bits per heavy atom. The molecular weight excluding hydrogens is 276 g/mol. The van der Waals surface area contributed by atoms with Crippen LogP contribution in [0.5, 0.6) is 0 Å². The van der Waals surface area contributed by atoms with Crippen molar-refractivity contribution in [1.29, 1.82) is 0 Å². The molecule has 1 heterocycles. The number of aromatic nitrogens is 1. The summed E-state index contributed by atoms with van der Waals surface area (Å²) in [5.41, 5.74) is 2.32. The SMILES string of the molecule is CCNC(CCC(C)C)Cc1nc(-c2ccccc2)cs1. The van der Waals surface area contributed by atoms with E-state index in [0.717, 1.165) is 24.6 Å². The number of rotatable bonds is 8. The van der Waals surface area contributed by atoms with E-state index in [1.54, 1.807) is 11.3 Å². The molecule has 0 saturated heterocycles. The fourth-order valence-corrected chi connectivity index (χ4v) is 3.34. The molecule has 1 aromatic heterocycles. The van der Waals surface area contributed by atoms with Crippen LogP contribution in [-0.2, 0) is 6.42 Å². The van der Waals surface area contributed by atoms with Gasteiger partial charge >= 0.3 is 0 Å². The van der Waals surface area contributed by atoms with E-state index in [9.17, 15) is 0 Å². The molecule has 1 N–H and O–H groups in total. The molecule has 114 valence electrons. The maximum Gasteiger partial charge on any atom is 0.0948 e. The van der Waals surface area contributed by atoms with Crippen molar-refractivity contribution in [3.8, 4) is 11.3 Å². The van der Waals surface area contributed by atoms with E-state index in [-0.39, 0.29) is 0 Å². The summed E-state index contributed by atoms with van der Waals surface area (Å²) in [7, 11) is 0. The maximum absolute atomic E-state index is 4.81. The van der Waals surface area contributed by atoms with Crippen LogP contribution in [-0.4, -0.2) is 17.6 Å². The second-order valence-electron chi connectivity index (χ2n) is 5.92. The lowest BCUT2D eigenvalue weighted by Gasteiger charge is -2.17. The molecule has 0 aliphatic heterocycles. The summed E-state index contributed by atoms with van der Waals surface area (Å²) in [6.45, 7) is 7.79. The van der Waals surface area contributed by atoms with E-state index in [1.807, 2.05) is 6.07 Å². The molecule has 0 amide bonds. The molecular formula is C18H26N2S. The summed E-state index contributed by atoms with van der Waals surface area (Å²) in [6.07, 6.45) is 3.54. The average Bonchev–Trinajstić information content (AvgIpc) is 2.94. The first-order chi connectivity index (χ1) is 10.2. The molecule has 21 heavy (non-hydrogen) atoms. The Balaban J connectivity index is 1.99. The van der Waals surface area contributed by atoms with Gasteiger partial charge in [-0.05, 0) is 25.3 Å². The van der Waals surface area contributed by atoms with Crippen molar-refractivity contribution in [3.05, 3.63) is 40.7 Å². The number of hydrogen-bond donors (Lipinski definition) is 1. The zero-order valence-electron chi connectivity index (χ0n) is 13.3. The van der Waals surface area contributed by atoms with Gasteiger partial charge in [-0.15, -0.1) is 11.3 Å². The molecule has 0 fully saturated rings. The number of nitrogens with zero attached hydrogens (tertiary/aromatic N) is 1. The van der Waals surface area contributed by atoms with Crippen molar-refractivity contribution >= 4 is 11.3 Å². The molecule has 0 spiro atoms. The first kappa shape index (κ1) is 16.2. The van der Waals surface area contributed by atoms with Gasteiger partial charge in [-0.1, -0.05) is 51.1 Å².